The average molecular weight is 145 g/mol. The molecule has 0 bridgehead atoms. The van der Waals surface area contributed by atoms with E-state index in [1.807, 2.05) is 12.3 Å². The summed E-state index contributed by atoms with van der Waals surface area (Å²) in [6, 6.07) is 0. The lowest BCUT2D eigenvalue weighted by atomic mass is 9.97. The van der Waals surface area contributed by atoms with Crippen molar-refractivity contribution in [1.29, 1.82) is 0 Å². The van der Waals surface area contributed by atoms with Gasteiger partial charge in [0.2, 0.25) is 0 Å². The Morgan fingerprint density at radius 3 is 2.50 bits per heavy atom. The van der Waals surface area contributed by atoms with Crippen LogP contribution < -0.4 is 17.0 Å². The molecule has 1 amide bonds. The van der Waals surface area contributed by atoms with Gasteiger partial charge < -0.3 is 5.73 Å². The summed E-state index contributed by atoms with van der Waals surface area (Å²) in [7, 11) is 0. The average Bonchev–Trinajstić information content (AvgIpc) is 1.86. The Hall–Kier alpha value is -0.610. The summed E-state index contributed by atoms with van der Waals surface area (Å²) in [5.41, 5.74) is 6.80. The summed E-state index contributed by atoms with van der Waals surface area (Å²) in [6.07, 6.45) is 1.52. The molecule has 0 aliphatic heterocycles. The van der Waals surface area contributed by atoms with Gasteiger partial charge >= 0.3 is 0 Å². The zero-order valence-corrected chi connectivity index (χ0v) is 6.48. The topological polar surface area (TPSA) is 81.1 Å². The highest BCUT2D eigenvalue weighted by Crippen LogP contribution is 2.07. The van der Waals surface area contributed by atoms with Crippen molar-refractivity contribution >= 4 is 5.91 Å². The van der Waals surface area contributed by atoms with E-state index in [2.05, 4.69) is 0 Å². The van der Waals surface area contributed by atoms with Crippen LogP contribution >= 0.6 is 0 Å². The van der Waals surface area contributed by atoms with Crippen molar-refractivity contribution in [3.05, 3.63) is 0 Å². The molecule has 0 aromatic heterocycles. The van der Waals surface area contributed by atoms with Gasteiger partial charge in [-0.2, -0.15) is 0 Å². The molecule has 1 unspecified atom stereocenters. The third kappa shape index (κ3) is 2.33. The number of hydrazine groups is 1. The zero-order valence-electron chi connectivity index (χ0n) is 6.48. The Morgan fingerprint density at radius 2 is 2.20 bits per heavy atom. The maximum absolute atomic E-state index is 10.9. The van der Waals surface area contributed by atoms with E-state index in [1.54, 1.807) is 6.92 Å². The van der Waals surface area contributed by atoms with Gasteiger partial charge in [0.1, 0.15) is 0 Å². The Kier molecular flexibility index (Phi) is 3.32. The molecular formula is C6H15N3O. The maximum Gasteiger partial charge on any atom is 0.253 e. The van der Waals surface area contributed by atoms with Crippen molar-refractivity contribution in [2.24, 2.45) is 11.6 Å². The minimum atomic E-state index is -0.816. The fraction of sp³-hybridized carbons (Fsp3) is 0.833. The molecule has 10 heavy (non-hydrogen) atoms. The lowest BCUT2D eigenvalue weighted by Crippen LogP contribution is -2.53. The highest BCUT2D eigenvalue weighted by Gasteiger charge is 2.25. The Balaban J connectivity index is 3.96. The summed E-state index contributed by atoms with van der Waals surface area (Å²) in [6.45, 7) is 3.63. The first-order valence-corrected chi connectivity index (χ1v) is 3.34. The zero-order chi connectivity index (χ0) is 8.20. The van der Waals surface area contributed by atoms with E-state index < -0.39 is 5.54 Å². The molecule has 0 aliphatic rings. The quantitative estimate of drug-likeness (QED) is 0.284. The molecule has 60 valence electrons. The van der Waals surface area contributed by atoms with Crippen LogP contribution in [0.5, 0.6) is 0 Å². The number of hydrogen-bond donors (Lipinski definition) is 3. The highest BCUT2D eigenvalue weighted by atomic mass is 16.2. The van der Waals surface area contributed by atoms with E-state index in [0.717, 1.165) is 6.42 Å². The van der Waals surface area contributed by atoms with Gasteiger partial charge in [-0.25, -0.2) is 5.84 Å². The third-order valence-corrected chi connectivity index (χ3v) is 1.42. The van der Waals surface area contributed by atoms with Gasteiger partial charge in [-0.15, -0.1) is 0 Å². The number of rotatable bonds is 3. The fourth-order valence-electron chi connectivity index (χ4n) is 0.798. The molecule has 0 aromatic rings. The summed E-state index contributed by atoms with van der Waals surface area (Å²) in [5, 5.41) is 0. The van der Waals surface area contributed by atoms with Crippen molar-refractivity contribution in [2.45, 2.75) is 32.2 Å². The summed E-state index contributed by atoms with van der Waals surface area (Å²) < 4.78 is 0. The second-order valence-corrected chi connectivity index (χ2v) is 2.64. The minimum Gasteiger partial charge on any atom is -0.318 e. The lowest BCUT2D eigenvalue weighted by molar-refractivity contribution is -0.126. The molecule has 0 radical (unpaired) electrons. The van der Waals surface area contributed by atoms with Crippen LogP contribution in [0.4, 0.5) is 0 Å². The number of nitrogens with one attached hydrogen (secondary N) is 1. The molecule has 0 saturated carbocycles. The predicted molar refractivity (Wildman–Crippen MR) is 39.8 cm³/mol. The largest absolute Gasteiger partial charge is 0.318 e. The van der Waals surface area contributed by atoms with Gasteiger partial charge in [-0.3, -0.25) is 10.2 Å². The molecule has 0 saturated heterocycles. The van der Waals surface area contributed by atoms with Gasteiger partial charge in [0, 0.05) is 0 Å². The van der Waals surface area contributed by atoms with Gasteiger partial charge in [0.25, 0.3) is 5.91 Å². The van der Waals surface area contributed by atoms with E-state index in [1.165, 1.54) is 0 Å². The molecule has 0 heterocycles. The molecule has 0 rings (SSSR count). The number of carbonyl (C=O) groups excluding carboxylic acids is 1. The van der Waals surface area contributed by atoms with Crippen LogP contribution in [0, 0.1) is 0 Å². The summed E-state index contributed by atoms with van der Waals surface area (Å²) >= 11 is 0. The standard InChI is InChI=1S/C6H15N3O/c1-3-4-6(2,7)5(10)9-8/h3-4,7-8H2,1-2H3,(H,9,10). The SMILES string of the molecule is CCCC(C)(N)C(=O)NN. The van der Waals surface area contributed by atoms with E-state index in [0.29, 0.717) is 6.42 Å². The highest BCUT2D eigenvalue weighted by molar-refractivity contribution is 5.84. The first-order chi connectivity index (χ1) is 4.54. The van der Waals surface area contributed by atoms with Crippen molar-refractivity contribution in [2.75, 3.05) is 0 Å². The first-order valence-electron chi connectivity index (χ1n) is 3.34. The van der Waals surface area contributed by atoms with Crippen molar-refractivity contribution in [3.8, 4) is 0 Å². The monoisotopic (exact) mass is 145 g/mol. The predicted octanol–water partition coefficient (Wildman–Crippen LogP) is -0.506. The van der Waals surface area contributed by atoms with Gasteiger partial charge in [0.05, 0.1) is 5.54 Å². The van der Waals surface area contributed by atoms with Gasteiger partial charge in [0.15, 0.2) is 0 Å². The molecular weight excluding hydrogens is 130 g/mol. The molecule has 4 heteroatoms. The van der Waals surface area contributed by atoms with E-state index >= 15 is 0 Å². The van der Waals surface area contributed by atoms with Crippen molar-refractivity contribution in [3.63, 3.8) is 0 Å². The van der Waals surface area contributed by atoms with E-state index in [4.69, 9.17) is 11.6 Å². The second kappa shape index (κ2) is 3.53. The van der Waals surface area contributed by atoms with Crippen LogP contribution in [0.25, 0.3) is 0 Å². The molecule has 0 aliphatic carbocycles. The molecule has 0 spiro atoms. The third-order valence-electron chi connectivity index (χ3n) is 1.42. The summed E-state index contributed by atoms with van der Waals surface area (Å²) in [4.78, 5) is 10.9. The normalized spacial score (nSPS) is 16.0. The van der Waals surface area contributed by atoms with Gasteiger partial charge in [-0.05, 0) is 13.3 Å². The van der Waals surface area contributed by atoms with Crippen LogP contribution in [0.1, 0.15) is 26.7 Å². The molecule has 1 atom stereocenters. The number of carbonyl (C=O) groups is 1. The molecule has 4 nitrogen and oxygen atoms in total. The smallest absolute Gasteiger partial charge is 0.253 e. The molecule has 0 aromatic carbocycles. The Bertz CT molecular complexity index is 122. The van der Waals surface area contributed by atoms with Crippen molar-refractivity contribution in [1.82, 2.24) is 5.43 Å². The van der Waals surface area contributed by atoms with Crippen LogP contribution in [0.2, 0.25) is 0 Å². The van der Waals surface area contributed by atoms with Crippen molar-refractivity contribution < 1.29 is 4.79 Å². The van der Waals surface area contributed by atoms with E-state index in [-0.39, 0.29) is 5.91 Å². The van der Waals surface area contributed by atoms with E-state index in [9.17, 15) is 4.79 Å². The van der Waals surface area contributed by atoms with Crippen LogP contribution in [-0.4, -0.2) is 11.4 Å². The van der Waals surface area contributed by atoms with Crippen LogP contribution in [0.3, 0.4) is 0 Å². The minimum absolute atomic E-state index is 0.311. The molecule has 0 fully saturated rings. The Morgan fingerprint density at radius 1 is 1.70 bits per heavy atom. The number of amides is 1. The second-order valence-electron chi connectivity index (χ2n) is 2.64. The Labute approximate surface area is 60.9 Å². The summed E-state index contributed by atoms with van der Waals surface area (Å²) in [5.74, 6) is 4.60. The molecule has 5 N–H and O–H groups in total. The number of hydrogen-bond acceptors (Lipinski definition) is 3. The fourth-order valence-corrected chi connectivity index (χ4v) is 0.798. The van der Waals surface area contributed by atoms with Crippen LogP contribution in [-0.2, 0) is 4.79 Å². The van der Waals surface area contributed by atoms with Crippen LogP contribution in [0.15, 0.2) is 0 Å². The van der Waals surface area contributed by atoms with Gasteiger partial charge in [-0.1, -0.05) is 13.3 Å². The maximum atomic E-state index is 10.9. The number of nitrogens with two attached hydrogens (primary N) is 2. The first kappa shape index (κ1) is 9.39. The lowest BCUT2D eigenvalue weighted by Gasteiger charge is -2.20.